The van der Waals surface area contributed by atoms with Gasteiger partial charge >= 0.3 is 0 Å². The zero-order valence-corrected chi connectivity index (χ0v) is 21.9. The van der Waals surface area contributed by atoms with Crippen LogP contribution in [0.25, 0.3) is 11.4 Å². The molecule has 0 unspecified atom stereocenters. The minimum atomic E-state index is 0.791. The molecule has 0 bridgehead atoms. The molecular weight excluding hydrogens is 416 g/mol. The molecule has 1 aromatic heterocycles. The second-order valence-corrected chi connectivity index (χ2v) is 10.5. The van der Waals surface area contributed by atoms with E-state index in [1.54, 1.807) is 0 Å². The highest BCUT2D eigenvalue weighted by Crippen LogP contribution is 2.34. The molecule has 0 aliphatic heterocycles. The fraction of sp³-hybridized carbons (Fsp3) is 0.677. The van der Waals surface area contributed by atoms with E-state index in [2.05, 4.69) is 48.1 Å². The standard InChI is InChI=1S/C31H48N2O/c1-3-5-7-8-9-10-13-26-15-17-27(18-16-26)14-11-23-34-30-21-19-29(20-22-30)31-32-24-28(25-33-31)12-6-4-2/h19-22,24-27H,3-18,23H2,1-2H3. The summed E-state index contributed by atoms with van der Waals surface area (Å²) in [6, 6.07) is 8.25. The van der Waals surface area contributed by atoms with Crippen LogP contribution in [0.3, 0.4) is 0 Å². The molecule has 0 saturated heterocycles. The summed E-state index contributed by atoms with van der Waals surface area (Å²) >= 11 is 0. The largest absolute Gasteiger partial charge is 0.494 e. The monoisotopic (exact) mass is 464 g/mol. The van der Waals surface area contributed by atoms with Crippen molar-refractivity contribution in [3.63, 3.8) is 0 Å². The smallest absolute Gasteiger partial charge is 0.159 e. The number of hydrogen-bond acceptors (Lipinski definition) is 3. The Morgan fingerprint density at radius 1 is 0.706 bits per heavy atom. The van der Waals surface area contributed by atoms with E-state index in [0.717, 1.165) is 48.4 Å². The summed E-state index contributed by atoms with van der Waals surface area (Å²) in [7, 11) is 0. The van der Waals surface area contributed by atoms with Crippen LogP contribution in [0.2, 0.25) is 0 Å². The Morgan fingerprint density at radius 3 is 1.94 bits per heavy atom. The van der Waals surface area contributed by atoms with Crippen molar-refractivity contribution in [2.45, 2.75) is 117 Å². The molecule has 0 N–H and O–H groups in total. The van der Waals surface area contributed by atoms with E-state index in [1.807, 2.05) is 12.4 Å². The number of aromatic nitrogens is 2. The zero-order valence-electron chi connectivity index (χ0n) is 21.9. The summed E-state index contributed by atoms with van der Waals surface area (Å²) in [5.74, 6) is 3.67. The van der Waals surface area contributed by atoms with E-state index in [9.17, 15) is 0 Å². The molecule has 3 rings (SSSR count). The molecule has 0 amide bonds. The van der Waals surface area contributed by atoms with Gasteiger partial charge in [-0.25, -0.2) is 9.97 Å². The Hall–Kier alpha value is -1.90. The van der Waals surface area contributed by atoms with Gasteiger partial charge in [-0.3, -0.25) is 0 Å². The molecule has 34 heavy (non-hydrogen) atoms. The van der Waals surface area contributed by atoms with Crippen molar-refractivity contribution in [3.05, 3.63) is 42.2 Å². The lowest BCUT2D eigenvalue weighted by atomic mass is 9.78. The lowest BCUT2D eigenvalue weighted by Gasteiger charge is -2.28. The highest BCUT2D eigenvalue weighted by atomic mass is 16.5. The van der Waals surface area contributed by atoms with Crippen LogP contribution < -0.4 is 4.74 Å². The topological polar surface area (TPSA) is 35.0 Å². The second-order valence-electron chi connectivity index (χ2n) is 10.5. The third-order valence-electron chi connectivity index (χ3n) is 7.59. The van der Waals surface area contributed by atoms with Gasteiger partial charge in [-0.2, -0.15) is 0 Å². The SMILES string of the molecule is CCCCCCCCC1CCC(CCCOc2ccc(-c3ncc(CCCC)cn3)cc2)CC1. The quantitative estimate of drug-likeness (QED) is 0.232. The highest BCUT2D eigenvalue weighted by molar-refractivity contribution is 5.55. The second kappa shape index (κ2) is 15.9. The van der Waals surface area contributed by atoms with Crippen molar-refractivity contribution in [2.24, 2.45) is 11.8 Å². The van der Waals surface area contributed by atoms with Crippen molar-refractivity contribution in [1.82, 2.24) is 9.97 Å². The average molecular weight is 465 g/mol. The van der Waals surface area contributed by atoms with Crippen molar-refractivity contribution < 1.29 is 4.74 Å². The van der Waals surface area contributed by atoms with Crippen LogP contribution in [0, 0.1) is 11.8 Å². The fourth-order valence-electron chi connectivity index (χ4n) is 5.30. The van der Waals surface area contributed by atoms with E-state index < -0.39 is 0 Å². The Balaban J connectivity index is 1.26. The molecule has 1 fully saturated rings. The Morgan fingerprint density at radius 2 is 1.29 bits per heavy atom. The van der Waals surface area contributed by atoms with Crippen LogP contribution in [0.1, 0.15) is 116 Å². The van der Waals surface area contributed by atoms with Crippen molar-refractivity contribution in [3.8, 4) is 17.1 Å². The molecule has 0 radical (unpaired) electrons. The molecule has 1 aliphatic rings. The van der Waals surface area contributed by atoms with Crippen molar-refractivity contribution >= 4 is 0 Å². The number of unbranched alkanes of at least 4 members (excludes halogenated alkanes) is 6. The predicted molar refractivity (Wildman–Crippen MR) is 144 cm³/mol. The molecule has 1 aromatic carbocycles. The minimum absolute atomic E-state index is 0.791. The molecule has 0 atom stereocenters. The van der Waals surface area contributed by atoms with E-state index in [4.69, 9.17) is 4.74 Å². The maximum absolute atomic E-state index is 6.03. The van der Waals surface area contributed by atoms with Gasteiger partial charge in [0.15, 0.2) is 5.82 Å². The summed E-state index contributed by atoms with van der Waals surface area (Å²) in [4.78, 5) is 9.09. The van der Waals surface area contributed by atoms with Gasteiger partial charge in [0.2, 0.25) is 0 Å². The summed E-state index contributed by atoms with van der Waals surface area (Å²) < 4.78 is 6.03. The number of benzene rings is 1. The van der Waals surface area contributed by atoms with Gasteiger partial charge in [0.1, 0.15) is 5.75 Å². The number of nitrogens with zero attached hydrogens (tertiary/aromatic N) is 2. The van der Waals surface area contributed by atoms with Crippen LogP contribution in [0.5, 0.6) is 5.75 Å². The fourth-order valence-corrected chi connectivity index (χ4v) is 5.30. The normalized spacial score (nSPS) is 18.2. The van der Waals surface area contributed by atoms with Crippen LogP contribution in [0.4, 0.5) is 0 Å². The first-order valence-electron chi connectivity index (χ1n) is 14.3. The molecule has 3 nitrogen and oxygen atoms in total. The van der Waals surface area contributed by atoms with Gasteiger partial charge < -0.3 is 4.74 Å². The maximum Gasteiger partial charge on any atom is 0.159 e. The van der Waals surface area contributed by atoms with Gasteiger partial charge in [0, 0.05) is 18.0 Å². The van der Waals surface area contributed by atoms with Gasteiger partial charge in [0.05, 0.1) is 6.61 Å². The third kappa shape index (κ3) is 9.76. The molecule has 2 aromatic rings. The highest BCUT2D eigenvalue weighted by Gasteiger charge is 2.20. The Labute approximate surface area is 209 Å². The molecular formula is C31H48N2O. The molecule has 1 heterocycles. The van der Waals surface area contributed by atoms with Gasteiger partial charge in [-0.1, -0.05) is 90.9 Å². The lowest BCUT2D eigenvalue weighted by molar-refractivity contribution is 0.228. The van der Waals surface area contributed by atoms with Gasteiger partial charge in [-0.05, 0) is 67.3 Å². The number of hydrogen-bond donors (Lipinski definition) is 0. The van der Waals surface area contributed by atoms with E-state index >= 15 is 0 Å². The third-order valence-corrected chi connectivity index (χ3v) is 7.59. The number of rotatable bonds is 16. The first-order chi connectivity index (χ1) is 16.8. The summed E-state index contributed by atoms with van der Waals surface area (Å²) in [6.07, 6.45) is 25.7. The number of ether oxygens (including phenoxy) is 1. The van der Waals surface area contributed by atoms with Crippen LogP contribution in [-0.2, 0) is 6.42 Å². The lowest BCUT2D eigenvalue weighted by Crippen LogP contribution is -2.15. The first kappa shape index (κ1) is 26.7. The summed E-state index contributed by atoms with van der Waals surface area (Å²) in [6.45, 7) is 5.33. The van der Waals surface area contributed by atoms with Crippen molar-refractivity contribution in [2.75, 3.05) is 6.61 Å². The molecule has 3 heteroatoms. The molecule has 1 aliphatic carbocycles. The predicted octanol–water partition coefficient (Wildman–Crippen LogP) is 9.20. The maximum atomic E-state index is 6.03. The summed E-state index contributed by atoms with van der Waals surface area (Å²) in [5.41, 5.74) is 2.27. The van der Waals surface area contributed by atoms with Gasteiger partial charge in [-0.15, -0.1) is 0 Å². The Bertz CT molecular complexity index is 763. The average Bonchev–Trinajstić information content (AvgIpc) is 2.89. The zero-order chi connectivity index (χ0) is 23.8. The number of aryl methyl sites for hydroxylation is 1. The van der Waals surface area contributed by atoms with Crippen LogP contribution in [-0.4, -0.2) is 16.6 Å². The van der Waals surface area contributed by atoms with E-state index in [0.29, 0.717) is 0 Å². The van der Waals surface area contributed by atoms with Crippen molar-refractivity contribution in [1.29, 1.82) is 0 Å². The molecule has 1 saturated carbocycles. The molecule has 0 spiro atoms. The summed E-state index contributed by atoms with van der Waals surface area (Å²) in [5, 5.41) is 0. The van der Waals surface area contributed by atoms with E-state index in [-0.39, 0.29) is 0 Å². The molecule has 188 valence electrons. The van der Waals surface area contributed by atoms with Crippen LogP contribution in [0.15, 0.2) is 36.7 Å². The van der Waals surface area contributed by atoms with E-state index in [1.165, 1.54) is 95.5 Å². The minimum Gasteiger partial charge on any atom is -0.494 e. The Kier molecular flexibility index (Phi) is 12.5. The first-order valence-corrected chi connectivity index (χ1v) is 14.3. The van der Waals surface area contributed by atoms with Crippen LogP contribution >= 0.6 is 0 Å². The van der Waals surface area contributed by atoms with Gasteiger partial charge in [0.25, 0.3) is 0 Å².